The summed E-state index contributed by atoms with van der Waals surface area (Å²) in [6, 6.07) is 0. The first-order valence-electron chi connectivity index (χ1n) is 9.74. The lowest BCUT2D eigenvalue weighted by atomic mass is 9.95. The van der Waals surface area contributed by atoms with Crippen molar-refractivity contribution in [2.45, 2.75) is 117 Å². The Labute approximate surface area is 145 Å². The van der Waals surface area contributed by atoms with E-state index < -0.39 is 0 Å². The molecular formula is C21H52O. The Balaban J connectivity index is -0.0000000396. The zero-order chi connectivity index (χ0) is 19.7. The fourth-order valence-corrected chi connectivity index (χ4v) is 0.469. The maximum Gasteiger partial charge on any atom is 0.132 e. The summed E-state index contributed by atoms with van der Waals surface area (Å²) in [5.41, 5.74) is 0. The van der Waals surface area contributed by atoms with Crippen LogP contribution in [0.4, 0.5) is 0 Å². The van der Waals surface area contributed by atoms with Gasteiger partial charge in [0.1, 0.15) is 5.78 Å². The Morgan fingerprint density at radius 2 is 0.909 bits per heavy atom. The molecule has 1 atom stereocenters. The number of hydrogen-bond donors (Lipinski definition) is 0. The fraction of sp³-hybridized carbons (Fsp3) is 0.952. The molecule has 0 radical (unpaired) electrons. The van der Waals surface area contributed by atoms with Crippen molar-refractivity contribution in [1.29, 1.82) is 0 Å². The van der Waals surface area contributed by atoms with Gasteiger partial charge in [-0.2, -0.15) is 0 Å². The third kappa shape index (κ3) is 73.3. The fourth-order valence-electron chi connectivity index (χ4n) is 0.469. The van der Waals surface area contributed by atoms with Gasteiger partial charge in [-0.1, -0.05) is 110 Å². The molecule has 0 bridgehead atoms. The van der Waals surface area contributed by atoms with E-state index in [0.29, 0.717) is 11.7 Å². The Bertz CT molecular complexity index is 137. The molecule has 0 rings (SSSR count). The molecule has 1 unspecified atom stereocenters. The van der Waals surface area contributed by atoms with E-state index in [0.717, 1.165) is 5.92 Å². The SMILES string of the molecule is CC.CC.CC.CC(=O)C(C)C(C)C.CCC.CCC(C)C. The predicted octanol–water partition coefficient (Wildman–Crippen LogP) is 8.41. The number of carbonyl (C=O) groups is 1. The molecule has 0 fully saturated rings. The van der Waals surface area contributed by atoms with E-state index in [9.17, 15) is 4.79 Å². The molecule has 0 aliphatic carbocycles. The molecular weight excluding hydrogens is 268 g/mol. The molecule has 0 saturated carbocycles. The van der Waals surface area contributed by atoms with Crippen LogP contribution >= 0.6 is 0 Å². The highest BCUT2D eigenvalue weighted by Crippen LogP contribution is 2.09. The highest BCUT2D eigenvalue weighted by atomic mass is 16.1. The van der Waals surface area contributed by atoms with Gasteiger partial charge in [0, 0.05) is 5.92 Å². The number of ketones is 1. The molecule has 142 valence electrons. The van der Waals surface area contributed by atoms with Crippen molar-refractivity contribution in [2.75, 3.05) is 0 Å². The Kier molecular flexibility index (Phi) is 73.3. The van der Waals surface area contributed by atoms with E-state index in [4.69, 9.17) is 0 Å². The van der Waals surface area contributed by atoms with Crippen molar-refractivity contribution in [3.63, 3.8) is 0 Å². The van der Waals surface area contributed by atoms with Crippen LogP contribution in [-0.4, -0.2) is 5.78 Å². The molecule has 0 aromatic rings. The van der Waals surface area contributed by atoms with Crippen molar-refractivity contribution < 1.29 is 4.79 Å². The maximum atomic E-state index is 10.6. The number of Topliss-reactive ketones (excluding diaryl/α,β-unsaturated/α-hetero) is 1. The Hall–Kier alpha value is -0.330. The molecule has 1 nitrogen and oxygen atoms in total. The van der Waals surface area contributed by atoms with Gasteiger partial charge in [0.2, 0.25) is 0 Å². The zero-order valence-electron chi connectivity index (χ0n) is 19.1. The largest absolute Gasteiger partial charge is 0.300 e. The average molecular weight is 321 g/mol. The average Bonchev–Trinajstić information content (AvgIpc) is 2.53. The van der Waals surface area contributed by atoms with Crippen LogP contribution in [0.3, 0.4) is 0 Å². The monoisotopic (exact) mass is 320 g/mol. The Morgan fingerprint density at radius 3 is 0.909 bits per heavy atom. The number of hydrogen-bond acceptors (Lipinski definition) is 1. The second kappa shape index (κ2) is 42.8. The van der Waals surface area contributed by atoms with Gasteiger partial charge in [-0.25, -0.2) is 0 Å². The summed E-state index contributed by atoms with van der Waals surface area (Å²) < 4.78 is 0. The van der Waals surface area contributed by atoms with Crippen molar-refractivity contribution >= 4 is 5.78 Å². The van der Waals surface area contributed by atoms with Gasteiger partial charge in [0.05, 0.1) is 0 Å². The van der Waals surface area contributed by atoms with Gasteiger partial charge in [-0.05, 0) is 18.8 Å². The summed E-state index contributed by atoms with van der Waals surface area (Å²) in [6.07, 6.45) is 2.56. The van der Waals surface area contributed by atoms with E-state index in [1.807, 2.05) is 48.5 Å². The molecule has 0 spiro atoms. The highest BCUT2D eigenvalue weighted by molar-refractivity contribution is 5.78. The van der Waals surface area contributed by atoms with Crippen molar-refractivity contribution in [1.82, 2.24) is 0 Å². The lowest BCUT2D eigenvalue weighted by Gasteiger charge is -2.09. The standard InChI is InChI=1S/C7H14O.C5H12.C3H8.3C2H6/c1-5(2)6(3)7(4)8;1-4-5(2)3;1-3-2;3*1-2/h5-6H,1-4H3;5H,4H2,1-3H3;3H2,1-2H3;3*1-2H3. The second-order valence-electron chi connectivity index (χ2n) is 5.15. The van der Waals surface area contributed by atoms with Crippen molar-refractivity contribution in [3.8, 4) is 0 Å². The first-order valence-corrected chi connectivity index (χ1v) is 9.74. The molecule has 22 heavy (non-hydrogen) atoms. The first kappa shape index (κ1) is 37.7. The molecule has 0 aromatic carbocycles. The summed E-state index contributed by atoms with van der Waals surface area (Å²) >= 11 is 0. The first-order chi connectivity index (χ1) is 10.2. The third-order valence-corrected chi connectivity index (χ3v) is 2.46. The van der Waals surface area contributed by atoms with E-state index in [-0.39, 0.29) is 5.92 Å². The lowest BCUT2D eigenvalue weighted by molar-refractivity contribution is -0.121. The van der Waals surface area contributed by atoms with E-state index in [1.165, 1.54) is 12.8 Å². The third-order valence-electron chi connectivity index (χ3n) is 2.46. The van der Waals surface area contributed by atoms with E-state index in [2.05, 4.69) is 48.5 Å². The summed E-state index contributed by atoms with van der Waals surface area (Å²) in [7, 11) is 0. The van der Waals surface area contributed by atoms with Crippen LogP contribution in [-0.2, 0) is 4.79 Å². The zero-order valence-corrected chi connectivity index (χ0v) is 19.1. The minimum absolute atomic E-state index is 0.231. The molecule has 0 heterocycles. The van der Waals surface area contributed by atoms with Crippen LogP contribution < -0.4 is 0 Å². The summed E-state index contributed by atoms with van der Waals surface area (Å²) in [5.74, 6) is 1.90. The smallest absolute Gasteiger partial charge is 0.132 e. The Morgan fingerprint density at radius 1 is 0.727 bits per heavy atom. The van der Waals surface area contributed by atoms with Crippen LogP contribution in [0.2, 0.25) is 0 Å². The highest BCUT2D eigenvalue weighted by Gasteiger charge is 2.10. The van der Waals surface area contributed by atoms with Gasteiger partial charge < -0.3 is 0 Å². The predicted molar refractivity (Wildman–Crippen MR) is 110 cm³/mol. The van der Waals surface area contributed by atoms with Gasteiger partial charge in [-0.3, -0.25) is 4.79 Å². The minimum atomic E-state index is 0.231. The minimum Gasteiger partial charge on any atom is -0.300 e. The lowest BCUT2D eigenvalue weighted by Crippen LogP contribution is -2.12. The quantitative estimate of drug-likeness (QED) is 0.510. The molecule has 1 heteroatoms. The molecule has 0 N–H and O–H groups in total. The summed E-state index contributed by atoms with van der Waals surface area (Å²) in [5, 5.41) is 0. The molecule has 0 aliphatic heterocycles. The van der Waals surface area contributed by atoms with Crippen LogP contribution in [0, 0.1) is 17.8 Å². The van der Waals surface area contributed by atoms with Crippen LogP contribution in [0.15, 0.2) is 0 Å². The van der Waals surface area contributed by atoms with Gasteiger partial charge in [0.15, 0.2) is 0 Å². The van der Waals surface area contributed by atoms with Crippen LogP contribution in [0.1, 0.15) is 117 Å². The number of rotatable bonds is 3. The van der Waals surface area contributed by atoms with Gasteiger partial charge in [0.25, 0.3) is 0 Å². The van der Waals surface area contributed by atoms with Crippen molar-refractivity contribution in [2.24, 2.45) is 17.8 Å². The molecule has 0 aliphatic rings. The molecule has 0 amide bonds. The summed E-state index contributed by atoms with van der Waals surface area (Å²) in [4.78, 5) is 10.6. The van der Waals surface area contributed by atoms with E-state index >= 15 is 0 Å². The topological polar surface area (TPSA) is 17.1 Å². The number of carbonyl (C=O) groups excluding carboxylic acids is 1. The van der Waals surface area contributed by atoms with Crippen LogP contribution in [0.25, 0.3) is 0 Å². The van der Waals surface area contributed by atoms with E-state index in [1.54, 1.807) is 6.92 Å². The van der Waals surface area contributed by atoms with Gasteiger partial charge in [-0.15, -0.1) is 0 Å². The molecule has 0 aromatic heterocycles. The van der Waals surface area contributed by atoms with Crippen LogP contribution in [0.5, 0.6) is 0 Å². The normalized spacial score (nSPS) is 8.95. The summed E-state index contributed by atoms with van der Waals surface area (Å²) in [6.45, 7) is 30.6. The maximum absolute atomic E-state index is 10.6. The van der Waals surface area contributed by atoms with Gasteiger partial charge >= 0.3 is 0 Å². The second-order valence-corrected chi connectivity index (χ2v) is 5.15. The van der Waals surface area contributed by atoms with Crippen molar-refractivity contribution in [3.05, 3.63) is 0 Å². The molecule has 0 saturated heterocycles.